The van der Waals surface area contributed by atoms with Gasteiger partial charge in [-0.1, -0.05) is 24.3 Å². The Morgan fingerprint density at radius 2 is 1.76 bits per heavy atom. The van der Waals surface area contributed by atoms with Crippen molar-refractivity contribution < 1.29 is 27.5 Å². The second-order valence-corrected chi connectivity index (χ2v) is 9.94. The predicted octanol–water partition coefficient (Wildman–Crippen LogP) is 3.46. The molecule has 0 radical (unpaired) electrons. The molecule has 1 heterocycles. The maximum absolute atomic E-state index is 13.1. The van der Waals surface area contributed by atoms with Gasteiger partial charge >= 0.3 is 11.9 Å². The van der Waals surface area contributed by atoms with Crippen LogP contribution in [0.1, 0.15) is 11.1 Å². The van der Waals surface area contributed by atoms with Gasteiger partial charge < -0.3 is 14.4 Å². The number of anilines is 2. The molecule has 3 aromatic rings. The number of benzene rings is 3. The van der Waals surface area contributed by atoms with Gasteiger partial charge in [0.25, 0.3) is 10.0 Å². The van der Waals surface area contributed by atoms with E-state index in [1.54, 1.807) is 60.4 Å². The Hall–Kier alpha value is -3.85. The molecule has 0 fully saturated rings. The van der Waals surface area contributed by atoms with E-state index in [4.69, 9.17) is 9.47 Å². The maximum Gasteiger partial charge on any atom is 0.331 e. The number of hydrogen-bond donors (Lipinski definition) is 0. The Bertz CT molecular complexity index is 1350. The van der Waals surface area contributed by atoms with Crippen molar-refractivity contribution in [2.24, 2.45) is 0 Å². The van der Waals surface area contributed by atoms with Gasteiger partial charge in [-0.05, 0) is 67.4 Å². The first-order chi connectivity index (χ1) is 16.1. The largest absolute Gasteiger partial charge is 0.425 e. The second kappa shape index (κ2) is 9.18. The third kappa shape index (κ3) is 4.74. The highest BCUT2D eigenvalue weighted by Gasteiger charge is 2.26. The zero-order valence-electron chi connectivity index (χ0n) is 19.0. The van der Waals surface area contributed by atoms with Gasteiger partial charge in [-0.2, -0.15) is 0 Å². The van der Waals surface area contributed by atoms with Crippen molar-refractivity contribution in [2.75, 3.05) is 29.3 Å². The summed E-state index contributed by atoms with van der Waals surface area (Å²) in [5, 5.41) is 0. The summed E-state index contributed by atoms with van der Waals surface area (Å²) in [5.41, 5.74) is 2.57. The average Bonchev–Trinajstić information content (AvgIpc) is 2.80. The maximum atomic E-state index is 13.1. The fraction of sp³-hybridized carbons (Fsp3) is 0.200. The molecule has 0 unspecified atom stereocenters. The van der Waals surface area contributed by atoms with Crippen LogP contribution in [-0.4, -0.2) is 40.5 Å². The number of sulfonamides is 1. The molecule has 176 valence electrons. The Morgan fingerprint density at radius 1 is 1.06 bits per heavy atom. The van der Waals surface area contributed by atoms with Crippen LogP contribution in [0.2, 0.25) is 0 Å². The lowest BCUT2D eigenvalue weighted by Gasteiger charge is -2.28. The molecular formula is C25H24N2O6S. The fourth-order valence-corrected chi connectivity index (χ4v) is 5.16. The van der Waals surface area contributed by atoms with Gasteiger partial charge in [-0.15, -0.1) is 0 Å². The minimum atomic E-state index is -3.76. The summed E-state index contributed by atoms with van der Waals surface area (Å²) in [6, 6.07) is 18.4. The van der Waals surface area contributed by atoms with E-state index in [1.165, 1.54) is 23.5 Å². The highest BCUT2D eigenvalue weighted by Crippen LogP contribution is 2.31. The Morgan fingerprint density at radius 3 is 2.50 bits per heavy atom. The molecular weight excluding hydrogens is 456 g/mol. The molecule has 8 nitrogen and oxygen atoms in total. The van der Waals surface area contributed by atoms with E-state index in [1.807, 2.05) is 13.0 Å². The standard InChI is InChI=1S/C25H24N2O6S/c1-17-8-9-18(2)23(14-17)34(30,31)26(3)19-10-12-20(13-11-19)32-24(28)15-27-16-25(29)33-22-7-5-4-6-21(22)27/h4-14H,15-16H2,1-3H3. The molecule has 0 saturated carbocycles. The first-order valence-electron chi connectivity index (χ1n) is 10.6. The number of para-hydroxylation sites is 2. The molecule has 0 N–H and O–H groups in total. The zero-order valence-corrected chi connectivity index (χ0v) is 19.8. The van der Waals surface area contributed by atoms with Gasteiger partial charge in [0, 0.05) is 7.05 Å². The molecule has 0 aromatic heterocycles. The van der Waals surface area contributed by atoms with Gasteiger partial charge in [-0.3, -0.25) is 4.31 Å². The van der Waals surface area contributed by atoms with Crippen LogP contribution < -0.4 is 18.7 Å². The third-order valence-electron chi connectivity index (χ3n) is 5.48. The Balaban J connectivity index is 1.45. The Labute approximate surface area is 198 Å². The van der Waals surface area contributed by atoms with Gasteiger partial charge in [-0.25, -0.2) is 18.0 Å². The molecule has 0 atom stereocenters. The van der Waals surface area contributed by atoms with Crippen molar-refractivity contribution in [1.29, 1.82) is 0 Å². The van der Waals surface area contributed by atoms with E-state index in [9.17, 15) is 18.0 Å². The van der Waals surface area contributed by atoms with Crippen LogP contribution in [0.4, 0.5) is 11.4 Å². The van der Waals surface area contributed by atoms with Crippen LogP contribution in [0.15, 0.2) is 71.6 Å². The summed E-state index contributed by atoms with van der Waals surface area (Å²) < 4.78 is 38.0. The highest BCUT2D eigenvalue weighted by atomic mass is 32.2. The number of hydrogen-bond acceptors (Lipinski definition) is 7. The van der Waals surface area contributed by atoms with E-state index in [0.29, 0.717) is 22.7 Å². The normalized spacial score (nSPS) is 13.1. The highest BCUT2D eigenvalue weighted by molar-refractivity contribution is 7.92. The molecule has 0 saturated heterocycles. The van der Waals surface area contributed by atoms with Gasteiger partial charge in [0.2, 0.25) is 0 Å². The summed E-state index contributed by atoms with van der Waals surface area (Å²) >= 11 is 0. The van der Waals surface area contributed by atoms with E-state index in [0.717, 1.165) is 5.56 Å². The topological polar surface area (TPSA) is 93.2 Å². The van der Waals surface area contributed by atoms with Gasteiger partial charge in [0.1, 0.15) is 18.8 Å². The number of carbonyl (C=O) groups excluding carboxylic acids is 2. The van der Waals surface area contributed by atoms with Crippen molar-refractivity contribution in [3.8, 4) is 11.5 Å². The zero-order chi connectivity index (χ0) is 24.5. The van der Waals surface area contributed by atoms with E-state index >= 15 is 0 Å². The molecule has 3 aromatic carbocycles. The lowest BCUT2D eigenvalue weighted by Crippen LogP contribution is -2.41. The quantitative estimate of drug-likeness (QED) is 0.394. The lowest BCUT2D eigenvalue weighted by atomic mass is 10.2. The number of ether oxygens (including phenoxy) is 2. The first-order valence-corrected chi connectivity index (χ1v) is 12.0. The van der Waals surface area contributed by atoms with Crippen molar-refractivity contribution in [3.05, 3.63) is 77.9 Å². The molecule has 4 rings (SSSR count). The fourth-order valence-electron chi connectivity index (χ4n) is 3.66. The van der Waals surface area contributed by atoms with Crippen molar-refractivity contribution in [1.82, 2.24) is 0 Å². The van der Waals surface area contributed by atoms with Crippen molar-refractivity contribution >= 4 is 33.3 Å². The number of aryl methyl sites for hydroxylation is 2. The summed E-state index contributed by atoms with van der Waals surface area (Å²) in [4.78, 5) is 26.2. The minimum Gasteiger partial charge on any atom is -0.425 e. The first kappa shape index (κ1) is 23.3. The average molecular weight is 481 g/mol. The molecule has 1 aliphatic heterocycles. The van der Waals surface area contributed by atoms with Crippen LogP contribution in [0.25, 0.3) is 0 Å². The van der Waals surface area contributed by atoms with Crippen LogP contribution in [-0.2, 0) is 19.6 Å². The number of fused-ring (bicyclic) bond motifs is 1. The minimum absolute atomic E-state index is 0.0634. The van der Waals surface area contributed by atoms with E-state index < -0.39 is 22.0 Å². The number of esters is 2. The number of carbonyl (C=O) groups is 2. The second-order valence-electron chi connectivity index (χ2n) is 8.01. The summed E-state index contributed by atoms with van der Waals surface area (Å²) in [6.45, 7) is 3.39. The van der Waals surface area contributed by atoms with Crippen LogP contribution >= 0.6 is 0 Å². The summed E-state index contributed by atoms with van der Waals surface area (Å²) in [6.07, 6.45) is 0. The van der Waals surface area contributed by atoms with Crippen molar-refractivity contribution in [3.63, 3.8) is 0 Å². The molecule has 0 bridgehead atoms. The molecule has 0 amide bonds. The molecule has 0 spiro atoms. The smallest absolute Gasteiger partial charge is 0.331 e. The Kier molecular flexibility index (Phi) is 6.30. The molecule has 34 heavy (non-hydrogen) atoms. The molecule has 0 aliphatic carbocycles. The van der Waals surface area contributed by atoms with E-state index in [-0.39, 0.29) is 23.7 Å². The number of rotatable bonds is 6. The van der Waals surface area contributed by atoms with Crippen LogP contribution in [0.5, 0.6) is 11.5 Å². The summed E-state index contributed by atoms with van der Waals surface area (Å²) in [5.74, 6) is -0.360. The van der Waals surface area contributed by atoms with Crippen molar-refractivity contribution in [2.45, 2.75) is 18.7 Å². The van der Waals surface area contributed by atoms with Gasteiger partial charge in [0.15, 0.2) is 5.75 Å². The van der Waals surface area contributed by atoms with Crippen LogP contribution in [0.3, 0.4) is 0 Å². The van der Waals surface area contributed by atoms with E-state index in [2.05, 4.69) is 0 Å². The van der Waals surface area contributed by atoms with Gasteiger partial charge in [0.05, 0.1) is 16.3 Å². The number of nitrogens with zero attached hydrogens (tertiary/aromatic N) is 2. The third-order valence-corrected chi connectivity index (χ3v) is 7.41. The SMILES string of the molecule is Cc1ccc(C)c(S(=O)(=O)N(C)c2ccc(OC(=O)CN3CC(=O)Oc4ccccc43)cc2)c1. The molecule has 1 aliphatic rings. The molecule has 9 heteroatoms. The monoisotopic (exact) mass is 480 g/mol. The van der Waals surface area contributed by atoms with Crippen LogP contribution in [0, 0.1) is 13.8 Å². The summed E-state index contributed by atoms with van der Waals surface area (Å²) in [7, 11) is -2.28. The lowest BCUT2D eigenvalue weighted by molar-refractivity contribution is -0.134. The predicted molar refractivity (Wildman–Crippen MR) is 128 cm³/mol.